The van der Waals surface area contributed by atoms with Crippen LogP contribution >= 0.6 is 0 Å². The molecule has 3 nitrogen and oxygen atoms in total. The van der Waals surface area contributed by atoms with Gasteiger partial charge < -0.3 is 14.2 Å². The molecule has 4 heteroatoms. The van der Waals surface area contributed by atoms with E-state index in [1.54, 1.807) is 31.4 Å². The average molecular weight is 274 g/mol. The lowest BCUT2D eigenvalue weighted by Crippen LogP contribution is -2.05. The van der Waals surface area contributed by atoms with Crippen molar-refractivity contribution in [2.45, 2.75) is 0 Å². The Hall–Kier alpha value is -2.49. The quantitative estimate of drug-likeness (QED) is 0.750. The summed E-state index contributed by atoms with van der Waals surface area (Å²) in [4.78, 5) is 0. The molecule has 0 radical (unpaired) electrons. The predicted octanol–water partition coefficient (Wildman–Crippen LogP) is 3.81. The normalized spacial score (nSPS) is 9.90. The van der Waals surface area contributed by atoms with Crippen molar-refractivity contribution < 1.29 is 18.6 Å². The van der Waals surface area contributed by atoms with Crippen LogP contribution in [-0.4, -0.2) is 13.7 Å². The third-order valence-corrected chi connectivity index (χ3v) is 2.54. The second-order valence-electron chi connectivity index (χ2n) is 4.06. The number of rotatable bonds is 6. The third-order valence-electron chi connectivity index (χ3n) is 2.54. The highest BCUT2D eigenvalue weighted by Crippen LogP contribution is 2.18. The van der Waals surface area contributed by atoms with Gasteiger partial charge >= 0.3 is 0 Å². The molecule has 0 fully saturated rings. The van der Waals surface area contributed by atoms with Gasteiger partial charge in [-0.05, 0) is 48.5 Å². The van der Waals surface area contributed by atoms with Crippen molar-refractivity contribution in [1.82, 2.24) is 0 Å². The van der Waals surface area contributed by atoms with E-state index in [4.69, 9.17) is 14.2 Å². The first-order valence-corrected chi connectivity index (χ1v) is 6.05. The predicted molar refractivity (Wildman–Crippen MR) is 74.7 cm³/mol. The van der Waals surface area contributed by atoms with Crippen LogP contribution in [0.1, 0.15) is 0 Å². The average Bonchev–Trinajstić information content (AvgIpc) is 2.48. The fourth-order valence-corrected chi connectivity index (χ4v) is 1.53. The van der Waals surface area contributed by atoms with Crippen molar-refractivity contribution >= 4 is 0 Å². The Morgan fingerprint density at radius 1 is 0.950 bits per heavy atom. The third kappa shape index (κ3) is 4.02. The number of halogens is 1. The van der Waals surface area contributed by atoms with Crippen LogP contribution in [0, 0.1) is 5.82 Å². The molecule has 0 aliphatic carbocycles. The van der Waals surface area contributed by atoms with E-state index in [1.807, 2.05) is 0 Å². The van der Waals surface area contributed by atoms with Crippen LogP contribution < -0.4 is 14.2 Å². The second kappa shape index (κ2) is 6.61. The highest BCUT2D eigenvalue weighted by molar-refractivity contribution is 5.31. The van der Waals surface area contributed by atoms with E-state index in [-0.39, 0.29) is 12.4 Å². The zero-order valence-electron chi connectivity index (χ0n) is 11.1. The van der Waals surface area contributed by atoms with Crippen LogP contribution in [0.3, 0.4) is 0 Å². The summed E-state index contributed by atoms with van der Waals surface area (Å²) < 4.78 is 28.7. The first-order valence-electron chi connectivity index (χ1n) is 6.05. The molecule has 20 heavy (non-hydrogen) atoms. The number of hydrogen-bond donors (Lipinski definition) is 0. The van der Waals surface area contributed by atoms with Gasteiger partial charge in [0.15, 0.2) is 0 Å². The van der Waals surface area contributed by atoms with Crippen LogP contribution in [0.25, 0.3) is 0 Å². The molecule has 0 atom stereocenters. The summed E-state index contributed by atoms with van der Waals surface area (Å²) in [5.74, 6) is 2.10. The summed E-state index contributed by atoms with van der Waals surface area (Å²) in [6, 6.07) is 12.9. The molecule has 0 aliphatic rings. The van der Waals surface area contributed by atoms with Crippen LogP contribution in [0.5, 0.6) is 17.2 Å². The fraction of sp³-hybridized carbons (Fsp3) is 0.125. The summed E-state index contributed by atoms with van der Waals surface area (Å²) in [6.07, 6.45) is 0. The molecule has 0 heterocycles. The van der Waals surface area contributed by atoms with Gasteiger partial charge in [0, 0.05) is 0 Å². The molecule has 0 unspecified atom stereocenters. The standard InChI is InChI=1S/C16H15FO3/c1-12(20-16-5-3-13(17)4-6-16)11-19-15-9-7-14(18-2)8-10-15/h3-10H,1,11H2,2H3. The van der Waals surface area contributed by atoms with E-state index in [0.29, 0.717) is 17.3 Å². The number of hydrogen-bond acceptors (Lipinski definition) is 3. The van der Waals surface area contributed by atoms with E-state index < -0.39 is 0 Å². The van der Waals surface area contributed by atoms with Gasteiger partial charge in [-0.15, -0.1) is 0 Å². The highest BCUT2D eigenvalue weighted by atomic mass is 19.1. The minimum atomic E-state index is -0.308. The van der Waals surface area contributed by atoms with Gasteiger partial charge in [0.25, 0.3) is 0 Å². The van der Waals surface area contributed by atoms with Gasteiger partial charge in [-0.1, -0.05) is 6.58 Å². The monoisotopic (exact) mass is 274 g/mol. The molecule has 2 rings (SSSR count). The molecule has 0 saturated carbocycles. The van der Waals surface area contributed by atoms with Crippen molar-refractivity contribution in [3.8, 4) is 17.2 Å². The lowest BCUT2D eigenvalue weighted by molar-refractivity contribution is 0.281. The summed E-state index contributed by atoms with van der Waals surface area (Å²) in [5.41, 5.74) is 0. The molecule has 104 valence electrons. The maximum Gasteiger partial charge on any atom is 0.145 e. The largest absolute Gasteiger partial charge is 0.497 e. The molecule has 0 spiro atoms. The second-order valence-corrected chi connectivity index (χ2v) is 4.06. The van der Waals surface area contributed by atoms with Crippen LogP contribution in [0.15, 0.2) is 60.9 Å². The zero-order chi connectivity index (χ0) is 14.4. The van der Waals surface area contributed by atoms with E-state index >= 15 is 0 Å². The first-order chi connectivity index (χ1) is 9.67. The van der Waals surface area contributed by atoms with Gasteiger partial charge in [-0.3, -0.25) is 0 Å². The molecule has 0 N–H and O–H groups in total. The van der Waals surface area contributed by atoms with Crippen molar-refractivity contribution in [1.29, 1.82) is 0 Å². The van der Waals surface area contributed by atoms with Gasteiger partial charge in [-0.2, -0.15) is 0 Å². The minimum Gasteiger partial charge on any atom is -0.497 e. The number of methoxy groups -OCH3 is 1. The zero-order valence-corrected chi connectivity index (χ0v) is 11.1. The molecule has 0 bridgehead atoms. The Morgan fingerprint density at radius 2 is 1.50 bits per heavy atom. The Balaban J connectivity index is 1.83. The van der Waals surface area contributed by atoms with Gasteiger partial charge in [0.2, 0.25) is 0 Å². The summed E-state index contributed by atoms with van der Waals surface area (Å²) >= 11 is 0. The van der Waals surface area contributed by atoms with Gasteiger partial charge in [-0.25, -0.2) is 4.39 Å². The Labute approximate surface area is 117 Å². The fourth-order valence-electron chi connectivity index (χ4n) is 1.53. The SMILES string of the molecule is C=C(COc1ccc(OC)cc1)Oc1ccc(F)cc1. The van der Waals surface area contributed by atoms with Crippen molar-refractivity contribution in [3.05, 3.63) is 66.7 Å². The van der Waals surface area contributed by atoms with Gasteiger partial charge in [0.1, 0.15) is 35.4 Å². The van der Waals surface area contributed by atoms with Crippen LogP contribution in [0.4, 0.5) is 4.39 Å². The number of benzene rings is 2. The molecular weight excluding hydrogens is 259 g/mol. The van der Waals surface area contributed by atoms with Crippen LogP contribution in [0.2, 0.25) is 0 Å². The lowest BCUT2D eigenvalue weighted by atomic mass is 10.3. The highest BCUT2D eigenvalue weighted by Gasteiger charge is 2.01. The topological polar surface area (TPSA) is 27.7 Å². The van der Waals surface area contributed by atoms with E-state index in [1.165, 1.54) is 24.3 Å². The van der Waals surface area contributed by atoms with E-state index in [0.717, 1.165) is 5.75 Å². The number of ether oxygens (including phenoxy) is 3. The Bertz CT molecular complexity index is 561. The molecule has 0 aliphatic heterocycles. The Kier molecular flexibility index (Phi) is 4.60. The molecule has 0 amide bonds. The molecule has 2 aromatic carbocycles. The maximum absolute atomic E-state index is 12.7. The molecule has 0 saturated heterocycles. The minimum absolute atomic E-state index is 0.212. The van der Waals surface area contributed by atoms with Crippen molar-refractivity contribution in [2.24, 2.45) is 0 Å². The maximum atomic E-state index is 12.7. The van der Waals surface area contributed by atoms with Crippen molar-refractivity contribution in [3.63, 3.8) is 0 Å². The van der Waals surface area contributed by atoms with Gasteiger partial charge in [0.05, 0.1) is 7.11 Å². The van der Waals surface area contributed by atoms with E-state index in [9.17, 15) is 4.39 Å². The molecular formula is C16H15FO3. The summed E-state index contributed by atoms with van der Waals surface area (Å²) in [7, 11) is 1.61. The Morgan fingerprint density at radius 3 is 2.10 bits per heavy atom. The first kappa shape index (κ1) is 13.9. The van der Waals surface area contributed by atoms with E-state index in [2.05, 4.69) is 6.58 Å². The van der Waals surface area contributed by atoms with Crippen LogP contribution in [-0.2, 0) is 0 Å². The lowest BCUT2D eigenvalue weighted by Gasteiger charge is -2.10. The molecule has 2 aromatic rings. The summed E-state index contributed by atoms with van der Waals surface area (Å²) in [5, 5.41) is 0. The van der Waals surface area contributed by atoms with Crippen molar-refractivity contribution in [2.75, 3.05) is 13.7 Å². The summed E-state index contributed by atoms with van der Waals surface area (Å²) in [6.45, 7) is 3.97. The molecule has 0 aromatic heterocycles. The smallest absolute Gasteiger partial charge is 0.145 e.